The molecular formula is C18H19IN4O4. The number of ether oxygens (including phenoxy) is 2. The Morgan fingerprint density at radius 3 is 2.11 bits per heavy atom. The minimum Gasteiger partial charge on any atom is -0.493 e. The second-order valence-electron chi connectivity index (χ2n) is 5.86. The summed E-state index contributed by atoms with van der Waals surface area (Å²) < 4.78 is 11.4. The minimum atomic E-state index is -0.170. The Bertz CT molecular complexity index is 839. The van der Waals surface area contributed by atoms with Gasteiger partial charge in [-0.3, -0.25) is 14.6 Å². The number of amides is 2. The van der Waals surface area contributed by atoms with Gasteiger partial charge in [0.1, 0.15) is 5.69 Å². The van der Waals surface area contributed by atoms with E-state index in [2.05, 4.69) is 32.6 Å². The van der Waals surface area contributed by atoms with E-state index in [1.165, 1.54) is 25.7 Å². The van der Waals surface area contributed by atoms with Gasteiger partial charge in [-0.15, -0.1) is 0 Å². The van der Waals surface area contributed by atoms with Crippen LogP contribution in [0.1, 0.15) is 20.8 Å². The highest BCUT2D eigenvalue weighted by atomic mass is 127. The summed E-state index contributed by atoms with van der Waals surface area (Å²) in [7, 11) is 3.10. The lowest BCUT2D eigenvalue weighted by Crippen LogP contribution is -2.50. The molecule has 1 fully saturated rings. The number of benzene rings is 1. The zero-order valence-corrected chi connectivity index (χ0v) is 17.2. The molecule has 142 valence electrons. The van der Waals surface area contributed by atoms with Gasteiger partial charge in [-0.25, -0.2) is 4.98 Å². The summed E-state index contributed by atoms with van der Waals surface area (Å²) in [5, 5.41) is 0. The molecule has 1 aromatic heterocycles. The van der Waals surface area contributed by atoms with Crippen LogP contribution < -0.4 is 9.47 Å². The van der Waals surface area contributed by atoms with Crippen molar-refractivity contribution in [1.82, 2.24) is 19.8 Å². The molecule has 2 aromatic rings. The number of rotatable bonds is 4. The van der Waals surface area contributed by atoms with Gasteiger partial charge in [-0.05, 0) is 34.7 Å². The van der Waals surface area contributed by atoms with E-state index >= 15 is 0 Å². The molecule has 0 aliphatic carbocycles. The summed E-state index contributed by atoms with van der Waals surface area (Å²) in [5.74, 6) is 0.832. The summed E-state index contributed by atoms with van der Waals surface area (Å²) in [4.78, 5) is 36.8. The molecule has 1 aromatic carbocycles. The van der Waals surface area contributed by atoms with Crippen LogP contribution >= 0.6 is 22.6 Å². The normalized spacial score (nSPS) is 14.0. The molecule has 27 heavy (non-hydrogen) atoms. The molecule has 1 aliphatic heterocycles. The van der Waals surface area contributed by atoms with Crippen LogP contribution in [0, 0.1) is 3.57 Å². The predicted octanol–water partition coefficient (Wildman–Crippen LogP) is 1.70. The number of aromatic nitrogens is 2. The lowest BCUT2D eigenvalue weighted by Gasteiger charge is -2.34. The van der Waals surface area contributed by atoms with Gasteiger partial charge in [0.15, 0.2) is 11.5 Å². The number of halogens is 1. The quantitative estimate of drug-likeness (QED) is 0.617. The average molecular weight is 482 g/mol. The van der Waals surface area contributed by atoms with Gasteiger partial charge in [-0.1, -0.05) is 0 Å². The highest BCUT2D eigenvalue weighted by molar-refractivity contribution is 14.1. The second-order valence-corrected chi connectivity index (χ2v) is 7.02. The van der Waals surface area contributed by atoms with Crippen LogP contribution in [0.3, 0.4) is 0 Å². The van der Waals surface area contributed by atoms with E-state index in [9.17, 15) is 9.59 Å². The molecule has 1 saturated heterocycles. The van der Waals surface area contributed by atoms with E-state index in [1.54, 1.807) is 29.0 Å². The Hall–Kier alpha value is -2.43. The molecule has 0 saturated carbocycles. The van der Waals surface area contributed by atoms with Crippen LogP contribution in [0.5, 0.6) is 11.5 Å². The lowest BCUT2D eigenvalue weighted by molar-refractivity contribution is 0.0531. The van der Waals surface area contributed by atoms with Gasteiger partial charge in [-0.2, -0.15) is 0 Å². The van der Waals surface area contributed by atoms with Gasteiger partial charge >= 0.3 is 0 Å². The van der Waals surface area contributed by atoms with Crippen LogP contribution in [0.4, 0.5) is 0 Å². The number of nitrogens with zero attached hydrogens (tertiary/aromatic N) is 4. The molecular weight excluding hydrogens is 463 g/mol. The van der Waals surface area contributed by atoms with Gasteiger partial charge < -0.3 is 19.3 Å². The molecule has 9 heteroatoms. The summed E-state index contributed by atoms with van der Waals surface area (Å²) in [6.07, 6.45) is 4.47. The van der Waals surface area contributed by atoms with Crippen LogP contribution in [0.2, 0.25) is 0 Å². The average Bonchev–Trinajstić information content (AvgIpc) is 2.73. The fourth-order valence-corrected chi connectivity index (χ4v) is 3.54. The standard InChI is InChI=1S/C18H19IN4O4/c1-26-15-9-12(13(19)10-16(15)27-2)17(24)22-5-7-23(8-6-22)18(25)14-11-20-3-4-21-14/h3-4,9-11H,5-8H2,1-2H3. The molecule has 0 spiro atoms. The van der Waals surface area contributed by atoms with E-state index in [4.69, 9.17) is 9.47 Å². The first-order chi connectivity index (χ1) is 13.0. The molecule has 3 rings (SSSR count). The lowest BCUT2D eigenvalue weighted by atomic mass is 10.1. The smallest absolute Gasteiger partial charge is 0.274 e. The largest absolute Gasteiger partial charge is 0.493 e. The number of carbonyl (C=O) groups is 2. The molecule has 0 radical (unpaired) electrons. The van der Waals surface area contributed by atoms with Crippen LogP contribution in [0.25, 0.3) is 0 Å². The molecule has 2 heterocycles. The van der Waals surface area contributed by atoms with Gasteiger partial charge in [0.05, 0.1) is 26.0 Å². The first kappa shape index (κ1) is 19.3. The SMILES string of the molecule is COc1cc(I)c(C(=O)N2CCN(C(=O)c3cnccn3)CC2)cc1OC. The monoisotopic (exact) mass is 482 g/mol. The highest BCUT2D eigenvalue weighted by Crippen LogP contribution is 2.32. The number of piperazine rings is 1. The van der Waals surface area contributed by atoms with Crippen molar-refractivity contribution in [3.05, 3.63) is 45.6 Å². The summed E-state index contributed by atoms with van der Waals surface area (Å²) >= 11 is 2.11. The van der Waals surface area contributed by atoms with Gasteiger partial charge in [0.2, 0.25) is 0 Å². The van der Waals surface area contributed by atoms with Crippen LogP contribution in [-0.4, -0.2) is 72.0 Å². The fourth-order valence-electron chi connectivity index (χ4n) is 2.87. The maximum Gasteiger partial charge on any atom is 0.274 e. The molecule has 0 unspecified atom stereocenters. The van der Waals surface area contributed by atoms with Crippen molar-refractivity contribution in [2.75, 3.05) is 40.4 Å². The molecule has 0 bridgehead atoms. The first-order valence-corrected chi connectivity index (χ1v) is 9.39. The summed E-state index contributed by atoms with van der Waals surface area (Å²) in [6, 6.07) is 3.47. The van der Waals surface area contributed by atoms with Crippen molar-refractivity contribution < 1.29 is 19.1 Å². The molecule has 1 aliphatic rings. The van der Waals surface area contributed by atoms with E-state index in [-0.39, 0.29) is 11.8 Å². The number of methoxy groups -OCH3 is 2. The maximum atomic E-state index is 12.9. The van der Waals surface area contributed by atoms with E-state index < -0.39 is 0 Å². The zero-order chi connectivity index (χ0) is 19.4. The molecule has 2 amide bonds. The third kappa shape index (κ3) is 4.12. The Labute approximate surface area is 170 Å². The van der Waals surface area contributed by atoms with Crippen molar-refractivity contribution in [3.63, 3.8) is 0 Å². The predicted molar refractivity (Wildman–Crippen MR) is 106 cm³/mol. The van der Waals surface area contributed by atoms with Crippen LogP contribution in [-0.2, 0) is 0 Å². The third-order valence-electron chi connectivity index (χ3n) is 4.34. The van der Waals surface area contributed by atoms with Crippen LogP contribution in [0.15, 0.2) is 30.7 Å². The fraction of sp³-hybridized carbons (Fsp3) is 0.333. The highest BCUT2D eigenvalue weighted by Gasteiger charge is 2.27. The Kier molecular flexibility index (Phi) is 6.09. The number of hydrogen-bond donors (Lipinski definition) is 0. The Balaban J connectivity index is 1.69. The first-order valence-electron chi connectivity index (χ1n) is 8.31. The summed E-state index contributed by atoms with van der Waals surface area (Å²) in [5.41, 5.74) is 0.869. The van der Waals surface area contributed by atoms with Crippen molar-refractivity contribution in [1.29, 1.82) is 0 Å². The topological polar surface area (TPSA) is 84.9 Å². The maximum absolute atomic E-state index is 12.9. The Morgan fingerprint density at radius 1 is 0.963 bits per heavy atom. The van der Waals surface area contributed by atoms with E-state index in [0.717, 1.165) is 3.57 Å². The van der Waals surface area contributed by atoms with Crippen molar-refractivity contribution in [3.8, 4) is 11.5 Å². The third-order valence-corrected chi connectivity index (χ3v) is 5.23. The number of carbonyl (C=O) groups excluding carboxylic acids is 2. The zero-order valence-electron chi connectivity index (χ0n) is 15.0. The summed E-state index contributed by atoms with van der Waals surface area (Å²) in [6.45, 7) is 1.81. The van der Waals surface area contributed by atoms with E-state index in [1.807, 2.05) is 0 Å². The minimum absolute atomic E-state index is 0.0908. The van der Waals surface area contributed by atoms with Crippen molar-refractivity contribution in [2.45, 2.75) is 0 Å². The molecule has 8 nitrogen and oxygen atoms in total. The second kappa shape index (κ2) is 8.51. The van der Waals surface area contributed by atoms with E-state index in [0.29, 0.717) is 48.9 Å². The van der Waals surface area contributed by atoms with Gasteiger partial charge in [0.25, 0.3) is 11.8 Å². The van der Waals surface area contributed by atoms with Crippen molar-refractivity contribution >= 4 is 34.4 Å². The number of hydrogen-bond acceptors (Lipinski definition) is 6. The van der Waals surface area contributed by atoms with Gasteiger partial charge in [0, 0.05) is 42.1 Å². The Morgan fingerprint density at radius 2 is 1.56 bits per heavy atom. The molecule has 0 atom stereocenters. The van der Waals surface area contributed by atoms with Crippen molar-refractivity contribution in [2.24, 2.45) is 0 Å². The molecule has 0 N–H and O–H groups in total.